The molecule has 4 N–H and O–H groups in total. The van der Waals surface area contributed by atoms with Crippen LogP contribution < -0.4 is 16.0 Å². The number of hydrogen-bond acceptors (Lipinski definition) is 5. The van der Waals surface area contributed by atoms with Gasteiger partial charge in [-0.05, 0) is 24.3 Å². The van der Waals surface area contributed by atoms with E-state index in [4.69, 9.17) is 5.73 Å². The Labute approximate surface area is 148 Å². The van der Waals surface area contributed by atoms with E-state index >= 15 is 0 Å². The maximum Gasteiger partial charge on any atom is 0.265 e. The molecular formula is C17H17N5O2S. The lowest BCUT2D eigenvalue weighted by molar-refractivity contribution is 0.0994. The summed E-state index contributed by atoms with van der Waals surface area (Å²) in [5, 5.41) is 5.08. The molecule has 25 heavy (non-hydrogen) atoms. The summed E-state index contributed by atoms with van der Waals surface area (Å²) in [6.45, 7) is 0. The average Bonchev–Trinajstić information content (AvgIpc) is 3.23. The average molecular weight is 355 g/mol. The normalized spacial score (nSPS) is 10.5. The summed E-state index contributed by atoms with van der Waals surface area (Å²) in [6, 6.07) is 8.96. The number of aromatic nitrogens is 2. The third-order valence-electron chi connectivity index (χ3n) is 3.59. The van der Waals surface area contributed by atoms with Crippen molar-refractivity contribution in [2.24, 2.45) is 5.73 Å². The molecule has 2 amide bonds. The van der Waals surface area contributed by atoms with E-state index < -0.39 is 5.91 Å². The highest BCUT2D eigenvalue weighted by Gasteiger charge is 2.12. The second-order valence-corrected chi connectivity index (χ2v) is 6.46. The number of carbonyl (C=O) groups excluding carboxylic acids is 2. The highest BCUT2D eigenvalue weighted by molar-refractivity contribution is 7.14. The van der Waals surface area contributed by atoms with Gasteiger partial charge in [-0.25, -0.2) is 4.98 Å². The Morgan fingerprint density at radius 1 is 1.28 bits per heavy atom. The van der Waals surface area contributed by atoms with Gasteiger partial charge >= 0.3 is 0 Å². The molecule has 0 spiro atoms. The Hall–Kier alpha value is -3.13. The van der Waals surface area contributed by atoms with Crippen molar-refractivity contribution in [3.05, 3.63) is 53.2 Å². The number of rotatable bonds is 5. The van der Waals surface area contributed by atoms with Gasteiger partial charge in [-0.1, -0.05) is 6.07 Å². The second kappa shape index (κ2) is 6.78. The molecule has 0 saturated heterocycles. The Morgan fingerprint density at radius 2 is 2.08 bits per heavy atom. The van der Waals surface area contributed by atoms with Crippen LogP contribution in [0.4, 0.5) is 10.8 Å². The topological polar surface area (TPSA) is 104 Å². The van der Waals surface area contributed by atoms with Crippen molar-refractivity contribution in [2.45, 2.75) is 0 Å². The van der Waals surface area contributed by atoms with Crippen LogP contribution in [0.3, 0.4) is 0 Å². The minimum atomic E-state index is -0.532. The number of anilines is 2. The van der Waals surface area contributed by atoms with E-state index in [1.807, 2.05) is 37.2 Å². The fraction of sp³-hybridized carbons (Fsp3) is 0.118. The van der Waals surface area contributed by atoms with E-state index in [1.165, 1.54) is 11.3 Å². The van der Waals surface area contributed by atoms with Gasteiger partial charge in [-0.15, -0.1) is 11.3 Å². The highest BCUT2D eigenvalue weighted by atomic mass is 32.1. The number of hydrogen-bond donors (Lipinski definition) is 3. The minimum Gasteiger partial charge on any atom is -0.378 e. The summed E-state index contributed by atoms with van der Waals surface area (Å²) in [5.41, 5.74) is 8.43. The van der Waals surface area contributed by atoms with Gasteiger partial charge in [-0.2, -0.15) is 0 Å². The molecule has 1 aromatic carbocycles. The Morgan fingerprint density at radius 3 is 2.76 bits per heavy atom. The molecule has 0 atom stereocenters. The fourth-order valence-electron chi connectivity index (χ4n) is 2.24. The molecule has 0 aliphatic heterocycles. The second-order valence-electron chi connectivity index (χ2n) is 5.60. The number of aromatic amines is 1. The predicted molar refractivity (Wildman–Crippen MR) is 99.1 cm³/mol. The molecule has 2 aromatic heterocycles. The van der Waals surface area contributed by atoms with E-state index in [0.29, 0.717) is 22.1 Å². The number of primary amides is 1. The zero-order valence-electron chi connectivity index (χ0n) is 13.7. The number of amides is 2. The first-order valence-electron chi connectivity index (χ1n) is 7.47. The number of nitrogens with one attached hydrogen (secondary N) is 2. The van der Waals surface area contributed by atoms with Crippen molar-refractivity contribution < 1.29 is 9.59 Å². The largest absolute Gasteiger partial charge is 0.378 e. The van der Waals surface area contributed by atoms with Gasteiger partial charge in [-0.3, -0.25) is 14.9 Å². The van der Waals surface area contributed by atoms with Gasteiger partial charge < -0.3 is 15.6 Å². The first kappa shape index (κ1) is 16.7. The van der Waals surface area contributed by atoms with Gasteiger partial charge in [0.05, 0.1) is 5.69 Å². The summed E-state index contributed by atoms with van der Waals surface area (Å²) < 4.78 is 0. The molecule has 0 aliphatic rings. The SMILES string of the molecule is CN(C)c1cccc(C(=O)Nc2nc(-c3c[nH]c(C(N)=O)c3)cs2)c1. The van der Waals surface area contributed by atoms with Crippen LogP contribution in [0.25, 0.3) is 11.3 Å². The van der Waals surface area contributed by atoms with Gasteiger partial charge in [0.25, 0.3) is 11.8 Å². The van der Waals surface area contributed by atoms with Crippen LogP contribution in [0.2, 0.25) is 0 Å². The maximum absolute atomic E-state index is 12.4. The number of carbonyl (C=O) groups is 2. The molecule has 0 aliphatic carbocycles. The summed E-state index contributed by atoms with van der Waals surface area (Å²) in [7, 11) is 3.84. The first-order valence-corrected chi connectivity index (χ1v) is 8.35. The molecule has 0 unspecified atom stereocenters. The van der Waals surface area contributed by atoms with E-state index in [2.05, 4.69) is 15.3 Å². The summed E-state index contributed by atoms with van der Waals surface area (Å²) in [4.78, 5) is 32.6. The van der Waals surface area contributed by atoms with Crippen molar-refractivity contribution in [3.8, 4) is 11.3 Å². The lowest BCUT2D eigenvalue weighted by atomic mass is 10.2. The number of nitrogens with zero attached hydrogens (tertiary/aromatic N) is 2. The summed E-state index contributed by atoms with van der Waals surface area (Å²) in [6.07, 6.45) is 1.65. The first-order chi connectivity index (χ1) is 11.9. The molecule has 0 fully saturated rings. The van der Waals surface area contributed by atoms with E-state index in [9.17, 15) is 9.59 Å². The smallest absolute Gasteiger partial charge is 0.265 e. The number of benzene rings is 1. The molecule has 8 heteroatoms. The van der Waals surface area contributed by atoms with Crippen LogP contribution >= 0.6 is 11.3 Å². The van der Waals surface area contributed by atoms with Crippen molar-refractivity contribution in [2.75, 3.05) is 24.3 Å². The Balaban J connectivity index is 1.75. The molecule has 3 aromatic rings. The molecule has 0 saturated carbocycles. The van der Waals surface area contributed by atoms with Crippen molar-refractivity contribution in [3.63, 3.8) is 0 Å². The summed E-state index contributed by atoms with van der Waals surface area (Å²) >= 11 is 1.31. The van der Waals surface area contributed by atoms with Crippen molar-refractivity contribution in [1.82, 2.24) is 9.97 Å². The standard InChI is InChI=1S/C17H17N5O2S/c1-22(2)12-5-3-4-10(6-12)16(24)21-17-20-14(9-25-17)11-7-13(15(18)23)19-8-11/h3-9,19H,1-2H3,(H2,18,23)(H,20,21,24). The zero-order chi connectivity index (χ0) is 18.0. The third-order valence-corrected chi connectivity index (χ3v) is 4.35. The molecule has 128 valence electrons. The molecule has 3 rings (SSSR count). The third kappa shape index (κ3) is 3.69. The van der Waals surface area contributed by atoms with E-state index in [0.717, 1.165) is 11.3 Å². The van der Waals surface area contributed by atoms with Crippen LogP contribution in [0.1, 0.15) is 20.8 Å². The fourth-order valence-corrected chi connectivity index (χ4v) is 2.96. The highest BCUT2D eigenvalue weighted by Crippen LogP contribution is 2.26. The van der Waals surface area contributed by atoms with Crippen molar-refractivity contribution in [1.29, 1.82) is 0 Å². The van der Waals surface area contributed by atoms with E-state index in [-0.39, 0.29) is 5.91 Å². The quantitative estimate of drug-likeness (QED) is 0.654. The molecule has 0 radical (unpaired) electrons. The monoisotopic (exact) mass is 355 g/mol. The lowest BCUT2D eigenvalue weighted by Gasteiger charge is -2.13. The Kier molecular flexibility index (Phi) is 4.53. The van der Waals surface area contributed by atoms with Gasteiger partial charge in [0, 0.05) is 42.5 Å². The molecule has 2 heterocycles. The van der Waals surface area contributed by atoms with Crippen LogP contribution in [-0.4, -0.2) is 35.9 Å². The van der Waals surface area contributed by atoms with Gasteiger partial charge in [0.1, 0.15) is 5.69 Å². The molecular weight excluding hydrogens is 338 g/mol. The van der Waals surface area contributed by atoms with Gasteiger partial charge in [0.15, 0.2) is 5.13 Å². The predicted octanol–water partition coefficient (Wildman–Crippen LogP) is 2.56. The lowest BCUT2D eigenvalue weighted by Crippen LogP contribution is -2.14. The minimum absolute atomic E-state index is 0.225. The van der Waals surface area contributed by atoms with Crippen molar-refractivity contribution >= 4 is 34.0 Å². The number of nitrogens with two attached hydrogens (primary N) is 1. The van der Waals surface area contributed by atoms with Crippen LogP contribution in [0.15, 0.2) is 41.9 Å². The number of H-pyrrole nitrogens is 1. The maximum atomic E-state index is 12.4. The van der Waals surface area contributed by atoms with Crippen LogP contribution in [-0.2, 0) is 0 Å². The molecule has 0 bridgehead atoms. The summed E-state index contributed by atoms with van der Waals surface area (Å²) in [5.74, 6) is -0.757. The van der Waals surface area contributed by atoms with Gasteiger partial charge in [0.2, 0.25) is 0 Å². The zero-order valence-corrected chi connectivity index (χ0v) is 14.6. The van der Waals surface area contributed by atoms with Crippen LogP contribution in [0, 0.1) is 0 Å². The Bertz CT molecular complexity index is 929. The van der Waals surface area contributed by atoms with Crippen LogP contribution in [0.5, 0.6) is 0 Å². The number of thiazole rings is 1. The molecule has 7 nitrogen and oxygen atoms in total. The van der Waals surface area contributed by atoms with E-state index in [1.54, 1.807) is 23.7 Å².